The van der Waals surface area contributed by atoms with E-state index in [-0.39, 0.29) is 32.8 Å². The predicted octanol–water partition coefficient (Wildman–Crippen LogP) is 1.57. The minimum absolute atomic E-state index is 0.0528. The van der Waals surface area contributed by atoms with Crippen LogP contribution in [-0.2, 0) is 19.1 Å². The number of benzene rings is 2. The van der Waals surface area contributed by atoms with Crippen LogP contribution in [0, 0.1) is 0 Å². The first kappa shape index (κ1) is 25.8. The second-order valence-electron chi connectivity index (χ2n) is 7.90. The summed E-state index contributed by atoms with van der Waals surface area (Å²) < 4.78 is 23.1. The first-order chi connectivity index (χ1) is 17.9. The zero-order valence-corrected chi connectivity index (χ0v) is 21.6. The lowest BCUT2D eigenvalue weighted by Gasteiger charge is -2.27. The summed E-state index contributed by atoms with van der Waals surface area (Å²) in [5.74, 6) is -1.60. The fourth-order valence-electron chi connectivity index (χ4n) is 4.31. The summed E-state index contributed by atoms with van der Waals surface area (Å²) >= 11 is 1.06. The number of hydrogen-bond donors (Lipinski definition) is 1. The number of methoxy groups -OCH3 is 3. The highest BCUT2D eigenvalue weighted by Gasteiger charge is 2.41. The third-order valence-corrected chi connectivity index (χ3v) is 7.03. The molecule has 37 heavy (non-hydrogen) atoms. The SMILES string of the molecule is CCOC(=O)C1=C(N)n2c(s/c(=C\c3ccccc3OC)c2=O)=C(C(=O)OC)C1c1ccccc1OC. The van der Waals surface area contributed by atoms with Crippen molar-refractivity contribution >= 4 is 40.7 Å². The minimum Gasteiger partial charge on any atom is -0.496 e. The van der Waals surface area contributed by atoms with Crippen LogP contribution in [0.4, 0.5) is 0 Å². The number of nitrogens with two attached hydrogens (primary N) is 1. The molecule has 0 saturated heterocycles. The molecule has 10 heteroatoms. The molecule has 192 valence electrons. The van der Waals surface area contributed by atoms with E-state index in [1.807, 2.05) is 12.1 Å². The van der Waals surface area contributed by atoms with Gasteiger partial charge in [-0.2, -0.15) is 0 Å². The van der Waals surface area contributed by atoms with Crippen molar-refractivity contribution < 1.29 is 28.5 Å². The molecule has 0 amide bonds. The Labute approximate surface area is 216 Å². The normalized spacial score (nSPS) is 15.3. The Morgan fingerprint density at radius 1 is 0.973 bits per heavy atom. The van der Waals surface area contributed by atoms with Gasteiger partial charge in [-0.15, -0.1) is 11.3 Å². The van der Waals surface area contributed by atoms with Crippen LogP contribution in [0.25, 0.3) is 17.5 Å². The van der Waals surface area contributed by atoms with Gasteiger partial charge >= 0.3 is 11.9 Å². The van der Waals surface area contributed by atoms with Crippen LogP contribution in [-0.4, -0.2) is 44.4 Å². The second kappa shape index (κ2) is 10.8. The molecule has 2 heterocycles. The number of fused-ring (bicyclic) bond motifs is 1. The Balaban J connectivity index is 2.15. The van der Waals surface area contributed by atoms with E-state index in [0.717, 1.165) is 15.9 Å². The average Bonchev–Trinajstić information content (AvgIpc) is 3.24. The molecule has 0 bridgehead atoms. The van der Waals surface area contributed by atoms with Crippen LogP contribution in [0.2, 0.25) is 0 Å². The number of hydrogen-bond acceptors (Lipinski definition) is 9. The molecule has 0 radical (unpaired) electrons. The quantitative estimate of drug-likeness (QED) is 0.465. The van der Waals surface area contributed by atoms with Gasteiger partial charge in [0, 0.05) is 11.1 Å². The Hall–Kier alpha value is -4.31. The third kappa shape index (κ3) is 4.51. The standard InChI is InChI=1S/C27H26N2O7S/c1-5-36-27(32)21-20(16-11-7-9-13-18(16)34-3)22(26(31)35-4)25-29(23(21)28)24(30)19(37-25)14-15-10-6-8-12-17(15)33-2/h6-14,20H,5,28H2,1-4H3/b19-14-. The van der Waals surface area contributed by atoms with Crippen molar-refractivity contribution in [1.82, 2.24) is 4.57 Å². The van der Waals surface area contributed by atoms with Crippen molar-refractivity contribution in [1.29, 1.82) is 0 Å². The molecule has 1 aliphatic rings. The second-order valence-corrected chi connectivity index (χ2v) is 8.93. The lowest BCUT2D eigenvalue weighted by Crippen LogP contribution is -2.41. The zero-order valence-electron chi connectivity index (χ0n) is 20.8. The molecule has 0 spiro atoms. The summed E-state index contributed by atoms with van der Waals surface area (Å²) in [5.41, 5.74) is 7.20. The van der Waals surface area contributed by atoms with Gasteiger partial charge in [-0.25, -0.2) is 9.59 Å². The van der Waals surface area contributed by atoms with Crippen molar-refractivity contribution in [3.8, 4) is 11.5 Å². The Morgan fingerprint density at radius 2 is 1.62 bits per heavy atom. The van der Waals surface area contributed by atoms with Crippen molar-refractivity contribution in [2.45, 2.75) is 12.8 Å². The van der Waals surface area contributed by atoms with Gasteiger partial charge < -0.3 is 24.7 Å². The van der Waals surface area contributed by atoms with Gasteiger partial charge in [0.15, 0.2) is 0 Å². The minimum atomic E-state index is -1.00. The maximum atomic E-state index is 13.6. The van der Waals surface area contributed by atoms with E-state index >= 15 is 0 Å². The van der Waals surface area contributed by atoms with E-state index in [0.29, 0.717) is 22.6 Å². The topological polar surface area (TPSA) is 119 Å². The fourth-order valence-corrected chi connectivity index (χ4v) is 5.46. The molecule has 0 aliphatic carbocycles. The molecule has 1 unspecified atom stereocenters. The molecule has 3 aromatic rings. The van der Waals surface area contributed by atoms with E-state index in [9.17, 15) is 14.4 Å². The van der Waals surface area contributed by atoms with E-state index in [2.05, 4.69) is 0 Å². The van der Waals surface area contributed by atoms with Gasteiger partial charge in [-0.05, 0) is 25.1 Å². The number of para-hydroxylation sites is 2. The Morgan fingerprint density at radius 3 is 2.27 bits per heavy atom. The molecule has 2 N–H and O–H groups in total. The first-order valence-electron chi connectivity index (χ1n) is 11.4. The van der Waals surface area contributed by atoms with E-state index in [1.54, 1.807) is 49.4 Å². The lowest BCUT2D eigenvalue weighted by atomic mass is 9.82. The van der Waals surface area contributed by atoms with Crippen molar-refractivity contribution in [2.24, 2.45) is 5.73 Å². The van der Waals surface area contributed by atoms with Crippen molar-refractivity contribution in [2.75, 3.05) is 27.9 Å². The average molecular weight is 523 g/mol. The van der Waals surface area contributed by atoms with Crippen molar-refractivity contribution in [3.63, 3.8) is 0 Å². The zero-order chi connectivity index (χ0) is 26.7. The molecule has 1 aromatic heterocycles. The highest BCUT2D eigenvalue weighted by molar-refractivity contribution is 7.07. The van der Waals surface area contributed by atoms with Gasteiger partial charge in [0.1, 0.15) is 22.0 Å². The molecular weight excluding hydrogens is 496 g/mol. The van der Waals surface area contributed by atoms with E-state index < -0.39 is 23.4 Å². The summed E-state index contributed by atoms with van der Waals surface area (Å²) in [6, 6.07) is 14.2. The molecule has 0 fully saturated rings. The summed E-state index contributed by atoms with van der Waals surface area (Å²) in [7, 11) is 4.25. The maximum absolute atomic E-state index is 13.6. The smallest absolute Gasteiger partial charge is 0.338 e. The van der Waals surface area contributed by atoms with Crippen LogP contribution >= 0.6 is 11.3 Å². The highest BCUT2D eigenvalue weighted by Crippen LogP contribution is 2.41. The van der Waals surface area contributed by atoms with Gasteiger partial charge in [-0.3, -0.25) is 9.36 Å². The molecule has 2 aromatic carbocycles. The monoisotopic (exact) mass is 522 g/mol. The van der Waals surface area contributed by atoms with E-state index in [1.165, 1.54) is 21.3 Å². The fraction of sp³-hybridized carbons (Fsp3) is 0.222. The molecule has 1 atom stereocenters. The van der Waals surface area contributed by atoms with Gasteiger partial charge in [0.2, 0.25) is 0 Å². The summed E-state index contributed by atoms with van der Waals surface area (Å²) in [6.07, 6.45) is 1.65. The van der Waals surface area contributed by atoms with E-state index in [4.69, 9.17) is 24.7 Å². The van der Waals surface area contributed by atoms with Crippen LogP contribution in [0.3, 0.4) is 0 Å². The molecule has 1 aliphatic heterocycles. The summed E-state index contributed by atoms with van der Waals surface area (Å²) in [4.78, 5) is 40.1. The molecule has 0 saturated carbocycles. The number of carbonyl (C=O) groups excluding carboxylic acids is 2. The lowest BCUT2D eigenvalue weighted by molar-refractivity contribution is -0.138. The van der Waals surface area contributed by atoms with Crippen LogP contribution in [0.1, 0.15) is 24.0 Å². The predicted molar refractivity (Wildman–Crippen MR) is 140 cm³/mol. The number of carbonyl (C=O) groups is 2. The molecular formula is C27H26N2O7S. The van der Waals surface area contributed by atoms with Gasteiger partial charge in [-0.1, -0.05) is 36.4 Å². The molecule has 4 rings (SSSR count). The maximum Gasteiger partial charge on any atom is 0.338 e. The number of rotatable bonds is 7. The highest BCUT2D eigenvalue weighted by atomic mass is 32.1. The van der Waals surface area contributed by atoms with Crippen LogP contribution in [0.5, 0.6) is 11.5 Å². The number of aromatic nitrogens is 1. The number of esters is 2. The number of nitrogens with zero attached hydrogens (tertiary/aromatic N) is 1. The number of ether oxygens (including phenoxy) is 4. The Kier molecular flexibility index (Phi) is 7.49. The first-order valence-corrected chi connectivity index (χ1v) is 12.2. The summed E-state index contributed by atoms with van der Waals surface area (Å²) in [5, 5.41) is 0. The van der Waals surface area contributed by atoms with Crippen LogP contribution < -0.4 is 30.0 Å². The van der Waals surface area contributed by atoms with Gasteiger partial charge in [0.25, 0.3) is 5.56 Å². The third-order valence-electron chi connectivity index (χ3n) is 5.92. The molecule has 9 nitrogen and oxygen atoms in total. The summed E-state index contributed by atoms with van der Waals surface area (Å²) in [6.45, 7) is 1.73. The van der Waals surface area contributed by atoms with Crippen molar-refractivity contribution in [3.05, 3.63) is 84.8 Å². The largest absolute Gasteiger partial charge is 0.496 e. The van der Waals surface area contributed by atoms with Gasteiger partial charge in [0.05, 0.1) is 49.5 Å². The number of thiazole rings is 1. The van der Waals surface area contributed by atoms with Crippen LogP contribution in [0.15, 0.2) is 58.9 Å². The Bertz CT molecular complexity index is 1580.